The van der Waals surface area contributed by atoms with Crippen LogP contribution in [0.4, 0.5) is 0 Å². The van der Waals surface area contributed by atoms with Gasteiger partial charge in [-0.25, -0.2) is 9.79 Å². The van der Waals surface area contributed by atoms with E-state index in [-0.39, 0.29) is 42.0 Å². The van der Waals surface area contributed by atoms with Crippen molar-refractivity contribution in [2.24, 2.45) is 28.7 Å². The standard InChI is InChI=1S/C22H28N4O5/c1-4-23-22(25-11-15-10-16(12(2)31-15)21(29)30-3)24-7-8-26-19(27)17-13-5-6-14(9-13)18(17)20(26)28/h5-6,10,13-14,17-18H,4,7-9,11H2,1-3H3,(H2,23,24,25). The van der Waals surface area contributed by atoms with Crippen molar-refractivity contribution in [2.45, 2.75) is 26.8 Å². The topological polar surface area (TPSA) is 113 Å². The van der Waals surface area contributed by atoms with Crippen LogP contribution in [0.25, 0.3) is 0 Å². The molecule has 1 saturated heterocycles. The minimum Gasteiger partial charge on any atom is -0.465 e. The van der Waals surface area contributed by atoms with Crippen molar-refractivity contribution >= 4 is 23.7 Å². The predicted molar refractivity (Wildman–Crippen MR) is 112 cm³/mol. The maximum absolute atomic E-state index is 12.8. The van der Waals surface area contributed by atoms with Gasteiger partial charge in [-0.15, -0.1) is 0 Å². The fraction of sp³-hybridized carbons (Fsp3) is 0.545. The van der Waals surface area contributed by atoms with Crippen molar-refractivity contribution in [2.75, 3.05) is 26.7 Å². The van der Waals surface area contributed by atoms with Gasteiger partial charge < -0.3 is 19.8 Å². The van der Waals surface area contributed by atoms with Crippen LogP contribution in [0.5, 0.6) is 0 Å². The summed E-state index contributed by atoms with van der Waals surface area (Å²) in [7, 11) is 1.32. The number of guanidine groups is 1. The van der Waals surface area contributed by atoms with E-state index in [0.29, 0.717) is 42.7 Å². The molecule has 31 heavy (non-hydrogen) atoms. The van der Waals surface area contributed by atoms with Crippen molar-refractivity contribution in [1.82, 2.24) is 15.5 Å². The first-order chi connectivity index (χ1) is 14.9. The SMILES string of the molecule is CCNC(=NCc1cc(C(=O)OC)c(C)o1)NCCN1C(=O)C2C3C=CC(C3)C2C1=O. The number of hydrogen-bond acceptors (Lipinski definition) is 6. The Morgan fingerprint density at radius 1 is 1.23 bits per heavy atom. The molecular formula is C22H28N4O5. The molecule has 4 rings (SSSR count). The highest BCUT2D eigenvalue weighted by molar-refractivity contribution is 6.06. The average molecular weight is 428 g/mol. The van der Waals surface area contributed by atoms with Crippen LogP contribution in [0.1, 0.15) is 35.2 Å². The molecule has 4 atom stereocenters. The summed E-state index contributed by atoms with van der Waals surface area (Å²) in [6, 6.07) is 1.62. The van der Waals surface area contributed by atoms with Gasteiger partial charge in [0, 0.05) is 19.6 Å². The largest absolute Gasteiger partial charge is 0.465 e. The Labute approximate surface area is 180 Å². The molecule has 3 aliphatic rings. The Bertz CT molecular complexity index is 920. The number of furan rings is 1. The molecule has 2 amide bonds. The van der Waals surface area contributed by atoms with Gasteiger partial charge >= 0.3 is 5.97 Å². The number of likely N-dealkylation sites (tertiary alicyclic amines) is 1. The number of fused-ring (bicyclic) bond motifs is 5. The average Bonchev–Trinajstić information content (AvgIpc) is 3.51. The second kappa shape index (κ2) is 8.56. The van der Waals surface area contributed by atoms with E-state index in [1.54, 1.807) is 13.0 Å². The van der Waals surface area contributed by atoms with E-state index < -0.39 is 5.97 Å². The maximum Gasteiger partial charge on any atom is 0.341 e. The van der Waals surface area contributed by atoms with Crippen LogP contribution in [-0.2, 0) is 20.9 Å². The lowest BCUT2D eigenvalue weighted by atomic mass is 9.85. The zero-order chi connectivity index (χ0) is 22.1. The van der Waals surface area contributed by atoms with Crippen molar-refractivity contribution in [3.05, 3.63) is 35.3 Å². The maximum atomic E-state index is 12.8. The minimum absolute atomic E-state index is 0.0445. The number of amides is 2. The number of nitrogens with one attached hydrogen (secondary N) is 2. The van der Waals surface area contributed by atoms with Crippen molar-refractivity contribution < 1.29 is 23.5 Å². The van der Waals surface area contributed by atoms with E-state index in [1.165, 1.54) is 12.0 Å². The molecule has 1 aliphatic heterocycles. The Balaban J connectivity index is 1.34. The number of rotatable bonds is 7. The molecule has 166 valence electrons. The van der Waals surface area contributed by atoms with Crippen LogP contribution < -0.4 is 10.6 Å². The van der Waals surface area contributed by atoms with E-state index in [0.717, 1.165) is 6.42 Å². The number of aryl methyl sites for hydroxylation is 1. The predicted octanol–water partition coefficient (Wildman–Crippen LogP) is 1.24. The summed E-state index contributed by atoms with van der Waals surface area (Å²) in [6.45, 7) is 5.23. The molecule has 1 aromatic heterocycles. The number of imide groups is 1. The van der Waals surface area contributed by atoms with Crippen LogP contribution in [0.3, 0.4) is 0 Å². The molecular weight excluding hydrogens is 400 g/mol. The first kappa shape index (κ1) is 21.1. The first-order valence-electron chi connectivity index (χ1n) is 10.7. The second-order valence-electron chi connectivity index (χ2n) is 8.12. The number of hydrogen-bond donors (Lipinski definition) is 2. The third-order valence-corrected chi connectivity index (χ3v) is 6.30. The van der Waals surface area contributed by atoms with Crippen molar-refractivity contribution in [1.29, 1.82) is 0 Å². The molecule has 0 aromatic carbocycles. The summed E-state index contributed by atoms with van der Waals surface area (Å²) in [5, 5.41) is 6.29. The van der Waals surface area contributed by atoms with Crippen LogP contribution in [0, 0.1) is 30.6 Å². The van der Waals surface area contributed by atoms with E-state index in [4.69, 9.17) is 9.15 Å². The van der Waals surface area contributed by atoms with Gasteiger partial charge in [0.2, 0.25) is 11.8 Å². The highest BCUT2D eigenvalue weighted by Crippen LogP contribution is 2.52. The lowest BCUT2D eigenvalue weighted by Crippen LogP contribution is -2.43. The molecule has 4 unspecified atom stereocenters. The summed E-state index contributed by atoms with van der Waals surface area (Å²) < 4.78 is 10.3. The van der Waals surface area contributed by atoms with E-state index in [1.807, 2.05) is 6.92 Å². The zero-order valence-electron chi connectivity index (χ0n) is 18.0. The molecule has 2 N–H and O–H groups in total. The number of nitrogens with zero attached hydrogens (tertiary/aromatic N) is 2. The third kappa shape index (κ3) is 3.84. The van der Waals surface area contributed by atoms with Gasteiger partial charge in [-0.3, -0.25) is 14.5 Å². The molecule has 1 saturated carbocycles. The fourth-order valence-electron chi connectivity index (χ4n) is 4.90. The van der Waals surface area contributed by atoms with Crippen molar-refractivity contribution in [3.63, 3.8) is 0 Å². The van der Waals surface area contributed by atoms with Crippen LogP contribution >= 0.6 is 0 Å². The van der Waals surface area contributed by atoms with Crippen molar-refractivity contribution in [3.8, 4) is 0 Å². The smallest absolute Gasteiger partial charge is 0.341 e. The third-order valence-electron chi connectivity index (χ3n) is 6.30. The van der Waals surface area contributed by atoms with Gasteiger partial charge in [0.25, 0.3) is 0 Å². The van der Waals surface area contributed by atoms with Gasteiger partial charge in [0.05, 0.1) is 18.9 Å². The minimum atomic E-state index is -0.449. The summed E-state index contributed by atoms with van der Waals surface area (Å²) in [6.07, 6.45) is 5.12. The van der Waals surface area contributed by atoms with Gasteiger partial charge in [0.15, 0.2) is 5.96 Å². The molecule has 9 nitrogen and oxygen atoms in total. The molecule has 1 aromatic rings. The zero-order valence-corrected chi connectivity index (χ0v) is 18.0. The number of ether oxygens (including phenoxy) is 1. The van der Waals surface area contributed by atoms with Gasteiger partial charge in [-0.2, -0.15) is 0 Å². The molecule has 0 radical (unpaired) electrons. The molecule has 2 aliphatic carbocycles. The lowest BCUT2D eigenvalue weighted by molar-refractivity contribution is -0.140. The van der Waals surface area contributed by atoms with Gasteiger partial charge in [0.1, 0.15) is 23.6 Å². The van der Waals surface area contributed by atoms with E-state index >= 15 is 0 Å². The Kier molecular flexibility index (Phi) is 5.84. The van der Waals surface area contributed by atoms with Gasteiger partial charge in [-0.05, 0) is 38.2 Å². The summed E-state index contributed by atoms with van der Waals surface area (Å²) in [5.74, 6) is 1.11. The molecule has 2 heterocycles. The van der Waals surface area contributed by atoms with Crippen LogP contribution in [0.2, 0.25) is 0 Å². The number of carbonyl (C=O) groups is 3. The highest BCUT2D eigenvalue weighted by atomic mass is 16.5. The second-order valence-corrected chi connectivity index (χ2v) is 8.12. The first-order valence-corrected chi connectivity index (χ1v) is 10.7. The summed E-state index contributed by atoms with van der Waals surface area (Å²) in [5.41, 5.74) is 0.380. The number of esters is 1. The van der Waals surface area contributed by atoms with E-state index in [9.17, 15) is 14.4 Å². The monoisotopic (exact) mass is 428 g/mol. The molecule has 9 heteroatoms. The lowest BCUT2D eigenvalue weighted by Gasteiger charge is -2.18. The van der Waals surface area contributed by atoms with Crippen LogP contribution in [0.15, 0.2) is 27.6 Å². The number of carbonyl (C=O) groups excluding carboxylic acids is 3. The quantitative estimate of drug-likeness (QED) is 0.221. The number of allylic oxidation sites excluding steroid dienone is 2. The summed E-state index contributed by atoms with van der Waals surface area (Å²) in [4.78, 5) is 43.1. The van der Waals surface area contributed by atoms with Crippen LogP contribution in [-0.4, -0.2) is 55.4 Å². The number of aliphatic imine (C=N–C) groups is 1. The normalized spacial score (nSPS) is 26.5. The Hall–Kier alpha value is -3.10. The Morgan fingerprint density at radius 3 is 2.52 bits per heavy atom. The van der Waals surface area contributed by atoms with Gasteiger partial charge in [-0.1, -0.05) is 12.2 Å². The molecule has 2 bridgehead atoms. The fourth-order valence-corrected chi connectivity index (χ4v) is 4.90. The van der Waals surface area contributed by atoms with E-state index in [2.05, 4.69) is 27.8 Å². The summed E-state index contributed by atoms with van der Waals surface area (Å²) >= 11 is 0. The number of methoxy groups -OCH3 is 1. The molecule has 0 spiro atoms. The Morgan fingerprint density at radius 2 is 1.90 bits per heavy atom. The highest BCUT2D eigenvalue weighted by Gasteiger charge is 2.58. The molecule has 2 fully saturated rings.